The minimum absolute atomic E-state index is 0.113. The summed E-state index contributed by atoms with van der Waals surface area (Å²) in [5.41, 5.74) is 0. The molecule has 5 heteroatoms. The highest BCUT2D eigenvalue weighted by Gasteiger charge is 2.33. The second kappa shape index (κ2) is 3.07. The van der Waals surface area contributed by atoms with E-state index in [1.54, 1.807) is 0 Å². The Bertz CT molecular complexity index is 116. The maximum absolute atomic E-state index is 9.81. The maximum Gasteiger partial charge on any atom is 0.281 e. The largest absolute Gasteiger partial charge is 0.385 e. The molecule has 0 aliphatic rings. The lowest BCUT2D eigenvalue weighted by atomic mass is 10.0. The lowest BCUT2D eigenvalue weighted by Crippen LogP contribution is -2.42. The fourth-order valence-corrected chi connectivity index (χ4v) is 0.347. The Balaban J connectivity index is 4.07. The van der Waals surface area contributed by atoms with Crippen LogP contribution >= 0.6 is 0 Å². The molecule has 4 N–H and O–H groups in total. The highest BCUT2D eigenvalue weighted by atomic mass is 16.7. The summed E-state index contributed by atoms with van der Waals surface area (Å²) in [5.74, 6) is -4.31. The van der Waals surface area contributed by atoms with Gasteiger partial charge in [-0.05, 0) is 0 Å². The van der Waals surface area contributed by atoms with Crippen LogP contribution in [0.1, 0.15) is 6.92 Å². The molecule has 0 heterocycles. The van der Waals surface area contributed by atoms with Gasteiger partial charge in [0.15, 0.2) is 0 Å². The second-order valence-corrected chi connectivity index (χ2v) is 2.10. The predicted molar refractivity (Wildman–Crippen MR) is 30.6 cm³/mol. The highest BCUT2D eigenvalue weighted by molar-refractivity contribution is 5.56. The molecule has 0 fully saturated rings. The third-order valence-corrected chi connectivity index (χ3v) is 1.26. The van der Waals surface area contributed by atoms with Gasteiger partial charge in [0, 0.05) is 0 Å². The van der Waals surface area contributed by atoms with Gasteiger partial charge in [-0.1, -0.05) is 6.92 Å². The summed E-state index contributed by atoms with van der Waals surface area (Å²) in [6.07, 6.45) is -1.46. The molecule has 0 bridgehead atoms. The monoisotopic (exact) mass is 150 g/mol. The van der Waals surface area contributed by atoms with Crippen molar-refractivity contribution in [2.45, 2.75) is 19.0 Å². The van der Waals surface area contributed by atoms with Gasteiger partial charge < -0.3 is 25.2 Å². The Morgan fingerprint density at radius 3 is 1.90 bits per heavy atom. The lowest BCUT2D eigenvalue weighted by Gasteiger charge is -2.23. The SMILES string of the molecule is CC(C(O)C=O)C(O)(O)O. The standard InChI is InChI=1S/C5H10O5/c1-3(4(7)2-6)5(8,9)10/h2-4,7-10H,1H3. The first-order valence-corrected chi connectivity index (χ1v) is 2.70. The van der Waals surface area contributed by atoms with Crippen LogP contribution in [0.4, 0.5) is 0 Å². The van der Waals surface area contributed by atoms with Crippen molar-refractivity contribution in [3.8, 4) is 0 Å². The van der Waals surface area contributed by atoms with Crippen molar-refractivity contribution in [2.24, 2.45) is 5.92 Å². The summed E-state index contributed by atoms with van der Waals surface area (Å²) in [6, 6.07) is 0. The van der Waals surface area contributed by atoms with Crippen molar-refractivity contribution in [3.05, 3.63) is 0 Å². The van der Waals surface area contributed by atoms with E-state index >= 15 is 0 Å². The van der Waals surface area contributed by atoms with Crippen LogP contribution in [0.15, 0.2) is 0 Å². The van der Waals surface area contributed by atoms with Gasteiger partial charge in [0.05, 0.1) is 5.92 Å². The normalized spacial score (nSPS) is 18.1. The Kier molecular flexibility index (Phi) is 2.92. The van der Waals surface area contributed by atoms with Gasteiger partial charge in [-0.15, -0.1) is 0 Å². The molecule has 0 saturated heterocycles. The van der Waals surface area contributed by atoms with Crippen LogP contribution in [0.5, 0.6) is 0 Å². The zero-order valence-electron chi connectivity index (χ0n) is 5.43. The fraction of sp³-hybridized carbons (Fsp3) is 0.800. The lowest BCUT2D eigenvalue weighted by molar-refractivity contribution is -0.347. The second-order valence-electron chi connectivity index (χ2n) is 2.10. The topological polar surface area (TPSA) is 98.0 Å². The van der Waals surface area contributed by atoms with Crippen LogP contribution in [0.3, 0.4) is 0 Å². The summed E-state index contributed by atoms with van der Waals surface area (Å²) >= 11 is 0. The number of aliphatic hydroxyl groups is 4. The number of aliphatic hydroxyl groups excluding tert-OH is 1. The van der Waals surface area contributed by atoms with Gasteiger partial charge in [0.25, 0.3) is 5.97 Å². The van der Waals surface area contributed by atoms with Crippen LogP contribution in [-0.2, 0) is 4.79 Å². The van der Waals surface area contributed by atoms with Crippen molar-refractivity contribution < 1.29 is 25.2 Å². The summed E-state index contributed by atoms with van der Waals surface area (Å²) in [5, 5.41) is 33.8. The predicted octanol–water partition coefficient (Wildman–Crippen LogP) is -2.19. The van der Waals surface area contributed by atoms with E-state index in [1.807, 2.05) is 0 Å². The molecule has 2 unspecified atom stereocenters. The quantitative estimate of drug-likeness (QED) is 0.270. The van der Waals surface area contributed by atoms with Crippen molar-refractivity contribution >= 4 is 6.29 Å². The molecule has 0 spiro atoms. The Labute approximate surface area is 57.5 Å². The van der Waals surface area contributed by atoms with E-state index < -0.39 is 18.0 Å². The minimum Gasteiger partial charge on any atom is -0.385 e. The third kappa shape index (κ3) is 2.40. The first-order chi connectivity index (χ1) is 4.39. The number of hydrogen-bond donors (Lipinski definition) is 4. The fourth-order valence-electron chi connectivity index (χ4n) is 0.347. The molecule has 60 valence electrons. The summed E-state index contributed by atoms with van der Waals surface area (Å²) in [4.78, 5) is 9.81. The summed E-state index contributed by atoms with van der Waals surface area (Å²) < 4.78 is 0. The third-order valence-electron chi connectivity index (χ3n) is 1.26. The Morgan fingerprint density at radius 2 is 1.80 bits per heavy atom. The average molecular weight is 150 g/mol. The van der Waals surface area contributed by atoms with Crippen molar-refractivity contribution in [1.82, 2.24) is 0 Å². The average Bonchev–Trinajstić information content (AvgIpc) is 1.83. The number of hydrogen-bond acceptors (Lipinski definition) is 5. The smallest absolute Gasteiger partial charge is 0.281 e. The van der Waals surface area contributed by atoms with E-state index in [4.69, 9.17) is 20.4 Å². The van der Waals surface area contributed by atoms with Gasteiger partial charge >= 0.3 is 0 Å². The molecule has 5 nitrogen and oxygen atoms in total. The molecule has 0 amide bonds. The molecule has 0 radical (unpaired) electrons. The van der Waals surface area contributed by atoms with E-state index in [1.165, 1.54) is 0 Å². The van der Waals surface area contributed by atoms with E-state index in [-0.39, 0.29) is 6.29 Å². The summed E-state index contributed by atoms with van der Waals surface area (Å²) in [7, 11) is 0. The van der Waals surface area contributed by atoms with E-state index in [9.17, 15) is 4.79 Å². The van der Waals surface area contributed by atoms with Gasteiger partial charge in [0.2, 0.25) is 0 Å². The number of rotatable bonds is 3. The van der Waals surface area contributed by atoms with Gasteiger partial charge in [-0.25, -0.2) is 0 Å². The van der Waals surface area contributed by atoms with E-state index in [0.717, 1.165) is 6.92 Å². The first kappa shape index (κ1) is 9.51. The highest BCUT2D eigenvalue weighted by Crippen LogP contribution is 2.12. The van der Waals surface area contributed by atoms with Crippen molar-refractivity contribution in [2.75, 3.05) is 0 Å². The molecule has 0 aromatic heterocycles. The summed E-state index contributed by atoms with van der Waals surface area (Å²) in [6.45, 7) is 1.12. The van der Waals surface area contributed by atoms with Crippen LogP contribution in [0.2, 0.25) is 0 Å². The van der Waals surface area contributed by atoms with Crippen molar-refractivity contribution in [1.29, 1.82) is 0 Å². The van der Waals surface area contributed by atoms with Crippen LogP contribution < -0.4 is 0 Å². The first-order valence-electron chi connectivity index (χ1n) is 2.70. The van der Waals surface area contributed by atoms with E-state index in [0.29, 0.717) is 0 Å². The number of carbonyl (C=O) groups excluding carboxylic acids is 1. The minimum atomic E-state index is -3.00. The molecule has 0 aliphatic carbocycles. The molecule has 0 aromatic rings. The molecule has 0 aromatic carbocycles. The molecule has 0 rings (SSSR count). The van der Waals surface area contributed by atoms with E-state index in [2.05, 4.69) is 0 Å². The van der Waals surface area contributed by atoms with Crippen molar-refractivity contribution in [3.63, 3.8) is 0 Å². The molecule has 0 aliphatic heterocycles. The molecular formula is C5H10O5. The number of aldehydes is 1. The number of carbonyl (C=O) groups is 1. The van der Waals surface area contributed by atoms with Crippen LogP contribution in [0, 0.1) is 5.92 Å². The molecule has 0 saturated carbocycles. The molecule has 2 atom stereocenters. The zero-order chi connectivity index (χ0) is 8.36. The Hall–Kier alpha value is -0.490. The van der Waals surface area contributed by atoms with Gasteiger partial charge in [0.1, 0.15) is 12.4 Å². The van der Waals surface area contributed by atoms with Gasteiger partial charge in [-0.3, -0.25) is 0 Å². The zero-order valence-corrected chi connectivity index (χ0v) is 5.43. The van der Waals surface area contributed by atoms with Crippen LogP contribution in [-0.4, -0.2) is 38.8 Å². The van der Waals surface area contributed by atoms with Crippen LogP contribution in [0.25, 0.3) is 0 Å². The Morgan fingerprint density at radius 1 is 1.40 bits per heavy atom. The van der Waals surface area contributed by atoms with Gasteiger partial charge in [-0.2, -0.15) is 0 Å². The molecular weight excluding hydrogens is 140 g/mol. The molecule has 10 heavy (non-hydrogen) atoms. The maximum atomic E-state index is 9.81.